The molecule has 0 aliphatic rings. The summed E-state index contributed by atoms with van der Waals surface area (Å²) in [6.45, 7) is 2.05. The SMILES string of the molecule is Cc1ccc(F)cc1CNc1cc(F)c(Br)cc1F. The van der Waals surface area contributed by atoms with Crippen LogP contribution in [-0.2, 0) is 6.54 Å². The first-order valence-corrected chi connectivity index (χ1v) is 6.40. The summed E-state index contributed by atoms with van der Waals surface area (Å²) in [6, 6.07) is 6.49. The van der Waals surface area contributed by atoms with E-state index < -0.39 is 11.6 Å². The predicted octanol–water partition coefficient (Wildman–Crippen LogP) is 4.79. The van der Waals surface area contributed by atoms with Gasteiger partial charge in [-0.15, -0.1) is 0 Å². The van der Waals surface area contributed by atoms with Crippen LogP contribution in [0, 0.1) is 24.4 Å². The first kappa shape index (κ1) is 13.9. The number of anilines is 1. The van der Waals surface area contributed by atoms with Gasteiger partial charge in [0.15, 0.2) is 0 Å². The second-order valence-corrected chi connectivity index (χ2v) is 5.02. The van der Waals surface area contributed by atoms with Crippen molar-refractivity contribution in [2.75, 3.05) is 5.32 Å². The highest BCUT2D eigenvalue weighted by atomic mass is 79.9. The molecule has 0 aliphatic carbocycles. The molecule has 0 amide bonds. The van der Waals surface area contributed by atoms with Crippen molar-refractivity contribution < 1.29 is 13.2 Å². The lowest BCUT2D eigenvalue weighted by Gasteiger charge is -2.10. The maximum atomic E-state index is 13.6. The van der Waals surface area contributed by atoms with Gasteiger partial charge in [0.2, 0.25) is 0 Å². The molecule has 0 saturated carbocycles. The Morgan fingerprint density at radius 3 is 2.53 bits per heavy atom. The second kappa shape index (κ2) is 5.65. The molecule has 2 rings (SSSR count). The Morgan fingerprint density at radius 1 is 1.05 bits per heavy atom. The molecule has 19 heavy (non-hydrogen) atoms. The molecule has 0 saturated heterocycles. The molecule has 0 aliphatic heterocycles. The Labute approximate surface area is 117 Å². The van der Waals surface area contributed by atoms with Gasteiger partial charge in [-0.3, -0.25) is 0 Å². The normalized spacial score (nSPS) is 10.6. The van der Waals surface area contributed by atoms with Gasteiger partial charge in [0.05, 0.1) is 10.2 Å². The summed E-state index contributed by atoms with van der Waals surface area (Å²) in [7, 11) is 0. The zero-order valence-electron chi connectivity index (χ0n) is 10.1. The minimum absolute atomic E-state index is 0.0457. The first-order valence-electron chi connectivity index (χ1n) is 5.61. The molecule has 0 radical (unpaired) electrons. The molecule has 2 aromatic carbocycles. The average molecular weight is 330 g/mol. The molecule has 5 heteroatoms. The number of hydrogen-bond acceptors (Lipinski definition) is 1. The zero-order chi connectivity index (χ0) is 14.0. The minimum atomic E-state index is -0.567. The molecule has 0 heterocycles. The molecule has 100 valence electrons. The summed E-state index contributed by atoms with van der Waals surface area (Å²) in [5.74, 6) is -1.48. The van der Waals surface area contributed by atoms with Crippen LogP contribution in [0.25, 0.3) is 0 Å². The van der Waals surface area contributed by atoms with Crippen molar-refractivity contribution in [1.29, 1.82) is 0 Å². The Balaban J connectivity index is 2.19. The van der Waals surface area contributed by atoms with Gasteiger partial charge in [0.25, 0.3) is 0 Å². The molecule has 0 unspecified atom stereocenters. The van der Waals surface area contributed by atoms with Crippen LogP contribution in [-0.4, -0.2) is 0 Å². The fourth-order valence-corrected chi connectivity index (χ4v) is 1.99. The van der Waals surface area contributed by atoms with Crippen molar-refractivity contribution in [2.45, 2.75) is 13.5 Å². The molecule has 0 fully saturated rings. The van der Waals surface area contributed by atoms with Crippen molar-refractivity contribution in [2.24, 2.45) is 0 Å². The van der Waals surface area contributed by atoms with Gasteiger partial charge in [-0.25, -0.2) is 13.2 Å². The highest BCUT2D eigenvalue weighted by molar-refractivity contribution is 9.10. The van der Waals surface area contributed by atoms with Crippen LogP contribution in [0.5, 0.6) is 0 Å². The number of aryl methyl sites for hydroxylation is 1. The summed E-state index contributed by atoms with van der Waals surface area (Å²) in [5.41, 5.74) is 1.62. The van der Waals surface area contributed by atoms with Crippen LogP contribution in [0.3, 0.4) is 0 Å². The van der Waals surface area contributed by atoms with E-state index in [2.05, 4.69) is 21.2 Å². The van der Waals surface area contributed by atoms with Gasteiger partial charge in [-0.1, -0.05) is 6.07 Å². The fourth-order valence-electron chi connectivity index (χ4n) is 1.68. The summed E-state index contributed by atoms with van der Waals surface area (Å²) in [6.07, 6.45) is 0. The lowest BCUT2D eigenvalue weighted by Crippen LogP contribution is -2.04. The first-order chi connectivity index (χ1) is 8.97. The third-order valence-corrected chi connectivity index (χ3v) is 3.40. The van der Waals surface area contributed by atoms with Crippen LogP contribution >= 0.6 is 15.9 Å². The molecule has 1 N–H and O–H groups in total. The highest BCUT2D eigenvalue weighted by Crippen LogP contribution is 2.24. The molecular formula is C14H11BrF3N. The standard InChI is InChI=1S/C14H11BrF3N/c1-8-2-3-10(16)4-9(8)7-19-14-6-12(17)11(15)5-13(14)18/h2-6,19H,7H2,1H3. The van der Waals surface area contributed by atoms with E-state index >= 15 is 0 Å². The van der Waals surface area contributed by atoms with E-state index in [1.54, 1.807) is 6.07 Å². The molecular weight excluding hydrogens is 319 g/mol. The van der Waals surface area contributed by atoms with Crippen molar-refractivity contribution in [3.63, 3.8) is 0 Å². The molecule has 2 aromatic rings. The second-order valence-electron chi connectivity index (χ2n) is 4.17. The summed E-state index contributed by atoms with van der Waals surface area (Å²) in [5, 5.41) is 2.76. The fraction of sp³-hybridized carbons (Fsp3) is 0.143. The third kappa shape index (κ3) is 3.29. The number of halogens is 4. The predicted molar refractivity (Wildman–Crippen MR) is 72.5 cm³/mol. The monoisotopic (exact) mass is 329 g/mol. The van der Waals surface area contributed by atoms with Crippen LogP contribution in [0.1, 0.15) is 11.1 Å². The van der Waals surface area contributed by atoms with Crippen molar-refractivity contribution in [3.05, 3.63) is 63.4 Å². The van der Waals surface area contributed by atoms with Crippen LogP contribution < -0.4 is 5.32 Å². The van der Waals surface area contributed by atoms with Crippen molar-refractivity contribution in [3.8, 4) is 0 Å². The van der Waals surface area contributed by atoms with Crippen LogP contribution in [0.2, 0.25) is 0 Å². The number of rotatable bonds is 3. The van der Waals surface area contributed by atoms with E-state index in [0.717, 1.165) is 17.7 Å². The molecule has 0 atom stereocenters. The van der Waals surface area contributed by atoms with Crippen molar-refractivity contribution >= 4 is 21.6 Å². The molecule has 1 nitrogen and oxygen atoms in total. The summed E-state index contributed by atoms with van der Waals surface area (Å²) < 4.78 is 40.1. The van der Waals surface area contributed by atoms with E-state index in [-0.39, 0.29) is 22.5 Å². The van der Waals surface area contributed by atoms with Crippen LogP contribution in [0.4, 0.5) is 18.9 Å². The maximum Gasteiger partial charge on any atom is 0.147 e. The highest BCUT2D eigenvalue weighted by Gasteiger charge is 2.08. The van der Waals surface area contributed by atoms with E-state index in [0.29, 0.717) is 5.56 Å². The largest absolute Gasteiger partial charge is 0.379 e. The molecule has 0 bridgehead atoms. The van der Waals surface area contributed by atoms with Gasteiger partial charge in [0, 0.05) is 12.6 Å². The Hall–Kier alpha value is -1.49. The number of nitrogens with one attached hydrogen (secondary N) is 1. The number of hydrogen-bond donors (Lipinski definition) is 1. The lowest BCUT2D eigenvalue weighted by atomic mass is 10.1. The van der Waals surface area contributed by atoms with E-state index in [9.17, 15) is 13.2 Å². The van der Waals surface area contributed by atoms with Gasteiger partial charge >= 0.3 is 0 Å². The van der Waals surface area contributed by atoms with E-state index in [4.69, 9.17) is 0 Å². The van der Waals surface area contributed by atoms with E-state index in [1.165, 1.54) is 12.1 Å². The van der Waals surface area contributed by atoms with Crippen molar-refractivity contribution in [1.82, 2.24) is 0 Å². The summed E-state index contributed by atoms with van der Waals surface area (Å²) >= 11 is 2.90. The quantitative estimate of drug-likeness (QED) is 0.798. The average Bonchev–Trinajstić information content (AvgIpc) is 2.36. The topological polar surface area (TPSA) is 12.0 Å². The minimum Gasteiger partial charge on any atom is -0.379 e. The maximum absolute atomic E-state index is 13.6. The lowest BCUT2D eigenvalue weighted by molar-refractivity contribution is 0.596. The smallest absolute Gasteiger partial charge is 0.147 e. The Morgan fingerprint density at radius 2 is 1.79 bits per heavy atom. The van der Waals surface area contributed by atoms with Gasteiger partial charge in [0.1, 0.15) is 17.5 Å². The van der Waals surface area contributed by atoms with Crippen LogP contribution in [0.15, 0.2) is 34.8 Å². The summed E-state index contributed by atoms with van der Waals surface area (Å²) in [4.78, 5) is 0. The third-order valence-electron chi connectivity index (χ3n) is 2.79. The Kier molecular flexibility index (Phi) is 4.14. The molecule has 0 spiro atoms. The van der Waals surface area contributed by atoms with Gasteiger partial charge in [-0.2, -0.15) is 0 Å². The van der Waals surface area contributed by atoms with E-state index in [1.807, 2.05) is 6.92 Å². The number of benzene rings is 2. The van der Waals surface area contributed by atoms with Gasteiger partial charge < -0.3 is 5.32 Å². The zero-order valence-corrected chi connectivity index (χ0v) is 11.7. The molecule has 0 aromatic heterocycles. The van der Waals surface area contributed by atoms with Gasteiger partial charge in [-0.05, 0) is 52.2 Å². The Bertz CT molecular complexity index is 614.